The predicted octanol–water partition coefficient (Wildman–Crippen LogP) is 2.36. The van der Waals surface area contributed by atoms with Gasteiger partial charge in [-0.25, -0.2) is 12.8 Å². The fourth-order valence-corrected chi connectivity index (χ4v) is 6.31. The molecule has 156 valence electrons. The molecule has 3 aromatic rings. The molecule has 1 fully saturated rings. The summed E-state index contributed by atoms with van der Waals surface area (Å²) in [5.41, 5.74) is 6.90. The Hall–Kier alpha value is -2.82. The molecule has 1 saturated heterocycles. The van der Waals surface area contributed by atoms with Crippen molar-refractivity contribution in [2.45, 2.75) is 10.8 Å². The highest BCUT2D eigenvalue weighted by molar-refractivity contribution is 7.91. The molecule has 0 bridgehead atoms. The first-order valence-corrected chi connectivity index (χ1v) is 11.4. The minimum atomic E-state index is -3.85. The van der Waals surface area contributed by atoms with Gasteiger partial charge in [0.25, 0.3) is 10.0 Å². The van der Waals surface area contributed by atoms with Crippen LogP contribution in [0.1, 0.15) is 11.1 Å². The van der Waals surface area contributed by atoms with E-state index >= 15 is 0 Å². The van der Waals surface area contributed by atoms with Gasteiger partial charge in [0.15, 0.2) is 0 Å². The molecule has 3 N–H and O–H groups in total. The molecular weight excluding hydrogens is 427 g/mol. The molecule has 0 saturated carbocycles. The SMILES string of the molecule is N=C(N)c1cccc(CN2CCN(S(=O)(=O)c3cc4ccc(F)cc4s3)CC2=O)c1. The van der Waals surface area contributed by atoms with Crippen LogP contribution in [-0.2, 0) is 21.4 Å². The van der Waals surface area contributed by atoms with Gasteiger partial charge < -0.3 is 10.6 Å². The molecule has 7 nitrogen and oxygen atoms in total. The van der Waals surface area contributed by atoms with Gasteiger partial charge in [-0.2, -0.15) is 4.31 Å². The second kappa shape index (κ2) is 7.78. The van der Waals surface area contributed by atoms with Gasteiger partial charge in [-0.15, -0.1) is 11.3 Å². The number of nitrogen functional groups attached to an aromatic ring is 1. The lowest BCUT2D eigenvalue weighted by molar-refractivity contribution is -0.134. The molecule has 4 rings (SSSR count). The van der Waals surface area contributed by atoms with Crippen LogP contribution in [0.15, 0.2) is 52.7 Å². The number of sulfonamides is 1. The summed E-state index contributed by atoms with van der Waals surface area (Å²) in [5.74, 6) is -0.779. The van der Waals surface area contributed by atoms with Gasteiger partial charge in [0, 0.05) is 29.9 Å². The normalized spacial score (nSPS) is 15.6. The molecule has 0 atom stereocenters. The van der Waals surface area contributed by atoms with Crippen molar-refractivity contribution in [1.29, 1.82) is 5.41 Å². The van der Waals surface area contributed by atoms with E-state index in [1.807, 2.05) is 6.07 Å². The third-order valence-corrected chi connectivity index (χ3v) is 8.34. The van der Waals surface area contributed by atoms with Crippen LogP contribution in [-0.4, -0.2) is 49.0 Å². The molecular formula is C20H19FN4O3S2. The molecule has 2 heterocycles. The first-order chi connectivity index (χ1) is 14.2. The monoisotopic (exact) mass is 446 g/mol. The molecule has 1 aliphatic rings. The number of carbonyl (C=O) groups is 1. The smallest absolute Gasteiger partial charge is 0.253 e. The lowest BCUT2D eigenvalue weighted by Gasteiger charge is -2.33. The lowest BCUT2D eigenvalue weighted by atomic mass is 10.1. The highest BCUT2D eigenvalue weighted by Crippen LogP contribution is 2.32. The van der Waals surface area contributed by atoms with Gasteiger partial charge in [0.1, 0.15) is 15.9 Å². The number of nitrogens with one attached hydrogen (secondary N) is 1. The molecule has 30 heavy (non-hydrogen) atoms. The molecule has 0 spiro atoms. The molecule has 10 heteroatoms. The fourth-order valence-electron chi connectivity index (χ4n) is 3.35. The molecule has 0 radical (unpaired) electrons. The zero-order chi connectivity index (χ0) is 21.5. The van der Waals surface area contributed by atoms with Crippen LogP contribution in [0.3, 0.4) is 0 Å². The summed E-state index contributed by atoms with van der Waals surface area (Å²) in [7, 11) is -3.85. The van der Waals surface area contributed by atoms with Crippen LogP contribution >= 0.6 is 11.3 Å². The Bertz CT molecular complexity index is 1260. The minimum absolute atomic E-state index is 0.0534. The Morgan fingerprint density at radius 1 is 1.17 bits per heavy atom. The Kier molecular flexibility index (Phi) is 5.31. The fraction of sp³-hybridized carbons (Fsp3) is 0.200. The van der Waals surface area contributed by atoms with E-state index in [4.69, 9.17) is 11.1 Å². The maximum Gasteiger partial charge on any atom is 0.253 e. The third-order valence-electron chi connectivity index (χ3n) is 4.95. The number of carbonyl (C=O) groups excluding carboxylic acids is 1. The van der Waals surface area contributed by atoms with E-state index in [-0.39, 0.29) is 35.6 Å². The number of nitrogens with zero attached hydrogens (tertiary/aromatic N) is 2. The standard InChI is InChI=1S/C20H19FN4O3S2/c21-16-5-4-14-9-19(29-17(14)10-16)30(27,28)25-7-6-24(18(26)12-25)11-13-2-1-3-15(8-13)20(22)23/h1-5,8-10H,6-7,11-12H2,(H3,22,23). The van der Waals surface area contributed by atoms with Crippen molar-refractivity contribution >= 4 is 43.2 Å². The van der Waals surface area contributed by atoms with Crippen molar-refractivity contribution < 1.29 is 17.6 Å². The van der Waals surface area contributed by atoms with Crippen molar-refractivity contribution in [2.24, 2.45) is 5.73 Å². The summed E-state index contributed by atoms with van der Waals surface area (Å²) >= 11 is 0.995. The predicted molar refractivity (Wildman–Crippen MR) is 113 cm³/mol. The third kappa shape index (κ3) is 3.93. The molecule has 1 aliphatic heterocycles. The van der Waals surface area contributed by atoms with E-state index in [9.17, 15) is 17.6 Å². The number of nitrogens with two attached hydrogens (primary N) is 1. The van der Waals surface area contributed by atoms with Crippen molar-refractivity contribution in [3.8, 4) is 0 Å². The lowest BCUT2D eigenvalue weighted by Crippen LogP contribution is -2.51. The Labute approximate surface area is 177 Å². The van der Waals surface area contributed by atoms with E-state index < -0.39 is 15.8 Å². The maximum atomic E-state index is 13.4. The number of fused-ring (bicyclic) bond motifs is 1. The second-order valence-corrected chi connectivity index (χ2v) is 10.3. The molecule has 0 unspecified atom stereocenters. The zero-order valence-electron chi connectivity index (χ0n) is 15.8. The van der Waals surface area contributed by atoms with Gasteiger partial charge in [-0.1, -0.05) is 24.3 Å². The van der Waals surface area contributed by atoms with Gasteiger partial charge in [-0.05, 0) is 35.2 Å². The van der Waals surface area contributed by atoms with Crippen LogP contribution < -0.4 is 5.73 Å². The number of thiophene rings is 1. The van der Waals surface area contributed by atoms with E-state index in [1.165, 1.54) is 22.5 Å². The van der Waals surface area contributed by atoms with Crippen LogP contribution in [0.4, 0.5) is 4.39 Å². The first kappa shape index (κ1) is 20.5. The minimum Gasteiger partial charge on any atom is -0.384 e. The number of amidine groups is 1. The average Bonchev–Trinajstić information content (AvgIpc) is 3.13. The quantitative estimate of drug-likeness (QED) is 0.463. The Morgan fingerprint density at radius 3 is 2.70 bits per heavy atom. The Balaban J connectivity index is 1.49. The molecule has 0 aliphatic carbocycles. The summed E-state index contributed by atoms with van der Waals surface area (Å²) in [6.07, 6.45) is 0. The van der Waals surface area contributed by atoms with Crippen molar-refractivity contribution in [3.05, 3.63) is 65.5 Å². The number of hydrogen-bond acceptors (Lipinski definition) is 5. The van der Waals surface area contributed by atoms with Crippen molar-refractivity contribution in [3.63, 3.8) is 0 Å². The summed E-state index contributed by atoms with van der Waals surface area (Å²) < 4.78 is 41.2. The number of rotatable bonds is 5. The summed E-state index contributed by atoms with van der Waals surface area (Å²) in [6.45, 7) is 0.484. The molecule has 2 aromatic carbocycles. The van der Waals surface area contributed by atoms with Crippen molar-refractivity contribution in [1.82, 2.24) is 9.21 Å². The van der Waals surface area contributed by atoms with Crippen LogP contribution in [0.2, 0.25) is 0 Å². The van der Waals surface area contributed by atoms with E-state index in [1.54, 1.807) is 29.2 Å². The van der Waals surface area contributed by atoms with Crippen LogP contribution in [0.5, 0.6) is 0 Å². The summed E-state index contributed by atoms with van der Waals surface area (Å²) in [6, 6.07) is 12.7. The van der Waals surface area contributed by atoms with Gasteiger partial charge >= 0.3 is 0 Å². The topological polar surface area (TPSA) is 108 Å². The van der Waals surface area contributed by atoms with Crippen LogP contribution in [0.25, 0.3) is 10.1 Å². The number of benzene rings is 2. The van der Waals surface area contributed by atoms with Gasteiger partial charge in [0.05, 0.1) is 6.54 Å². The van der Waals surface area contributed by atoms with E-state index in [2.05, 4.69) is 0 Å². The largest absolute Gasteiger partial charge is 0.384 e. The average molecular weight is 447 g/mol. The Morgan fingerprint density at radius 2 is 1.97 bits per heavy atom. The molecule has 1 amide bonds. The number of hydrogen-bond donors (Lipinski definition) is 2. The van der Waals surface area contributed by atoms with Crippen molar-refractivity contribution in [2.75, 3.05) is 19.6 Å². The maximum absolute atomic E-state index is 13.4. The summed E-state index contributed by atoms with van der Waals surface area (Å²) in [5, 5.41) is 8.17. The second-order valence-electron chi connectivity index (χ2n) is 7.02. The number of piperazine rings is 1. The number of halogens is 1. The first-order valence-electron chi connectivity index (χ1n) is 9.14. The highest BCUT2D eigenvalue weighted by atomic mass is 32.2. The van der Waals surface area contributed by atoms with Gasteiger partial charge in [-0.3, -0.25) is 10.2 Å². The van der Waals surface area contributed by atoms with E-state index in [0.29, 0.717) is 22.2 Å². The van der Waals surface area contributed by atoms with E-state index in [0.717, 1.165) is 16.9 Å². The highest BCUT2D eigenvalue weighted by Gasteiger charge is 2.33. The summed E-state index contributed by atoms with van der Waals surface area (Å²) in [4.78, 5) is 14.2. The van der Waals surface area contributed by atoms with Gasteiger partial charge in [0.2, 0.25) is 5.91 Å². The van der Waals surface area contributed by atoms with Crippen LogP contribution in [0, 0.1) is 11.2 Å². The zero-order valence-corrected chi connectivity index (χ0v) is 17.5. The number of amides is 1. The molecule has 1 aromatic heterocycles.